The molecule has 27 heavy (non-hydrogen) atoms. The minimum Gasteiger partial charge on any atom is -0.484 e. The van der Waals surface area contributed by atoms with Gasteiger partial charge in [-0.15, -0.1) is 0 Å². The van der Waals surface area contributed by atoms with Gasteiger partial charge in [-0.1, -0.05) is 30.3 Å². The lowest BCUT2D eigenvalue weighted by atomic mass is 10.1. The molecule has 0 aromatic heterocycles. The van der Waals surface area contributed by atoms with Crippen LogP contribution in [0.25, 0.3) is 0 Å². The second kappa shape index (κ2) is 9.53. The topological polar surface area (TPSA) is 50.8 Å². The van der Waals surface area contributed by atoms with Gasteiger partial charge in [-0.25, -0.2) is 0 Å². The van der Waals surface area contributed by atoms with Gasteiger partial charge in [0.25, 0.3) is 5.91 Å². The molecule has 5 heteroatoms. The number of aryl methyl sites for hydroxylation is 2. The SMILES string of the molecule is Cc1ccc(OCC(=O)NCc2ccc(CN3CCOCC3)cc2)cc1C. The van der Waals surface area contributed by atoms with Gasteiger partial charge in [0.15, 0.2) is 6.61 Å². The number of hydrogen-bond donors (Lipinski definition) is 1. The molecule has 1 heterocycles. The van der Waals surface area contributed by atoms with Crippen molar-refractivity contribution >= 4 is 5.91 Å². The van der Waals surface area contributed by atoms with Gasteiger partial charge >= 0.3 is 0 Å². The van der Waals surface area contributed by atoms with E-state index in [9.17, 15) is 4.79 Å². The van der Waals surface area contributed by atoms with E-state index in [0.29, 0.717) is 6.54 Å². The standard InChI is InChI=1S/C22H28N2O3/c1-17-3-8-21(13-18(17)2)27-16-22(25)23-14-19-4-6-20(7-5-19)15-24-9-11-26-12-10-24/h3-8,13H,9-12,14-16H2,1-2H3,(H,23,25). The number of carbonyl (C=O) groups is 1. The van der Waals surface area contributed by atoms with Crippen molar-refractivity contribution < 1.29 is 14.3 Å². The Bertz CT molecular complexity index is 753. The first-order valence-corrected chi connectivity index (χ1v) is 9.45. The Labute approximate surface area is 161 Å². The molecule has 1 amide bonds. The molecular weight excluding hydrogens is 340 g/mol. The average molecular weight is 368 g/mol. The number of benzene rings is 2. The third kappa shape index (κ3) is 6.08. The fourth-order valence-corrected chi connectivity index (χ4v) is 2.98. The van der Waals surface area contributed by atoms with Gasteiger partial charge in [0.1, 0.15) is 5.75 Å². The lowest BCUT2D eigenvalue weighted by Gasteiger charge is -2.26. The van der Waals surface area contributed by atoms with Crippen LogP contribution in [-0.2, 0) is 22.6 Å². The fraction of sp³-hybridized carbons (Fsp3) is 0.409. The molecule has 0 saturated carbocycles. The summed E-state index contributed by atoms with van der Waals surface area (Å²) >= 11 is 0. The maximum Gasteiger partial charge on any atom is 0.258 e. The summed E-state index contributed by atoms with van der Waals surface area (Å²) in [6.07, 6.45) is 0. The number of nitrogens with zero attached hydrogens (tertiary/aromatic N) is 1. The van der Waals surface area contributed by atoms with E-state index in [2.05, 4.69) is 41.4 Å². The van der Waals surface area contributed by atoms with Crippen molar-refractivity contribution in [1.29, 1.82) is 0 Å². The highest BCUT2D eigenvalue weighted by molar-refractivity contribution is 5.77. The van der Waals surface area contributed by atoms with Crippen LogP contribution < -0.4 is 10.1 Å². The highest BCUT2D eigenvalue weighted by Gasteiger charge is 2.10. The summed E-state index contributed by atoms with van der Waals surface area (Å²) in [5, 5.41) is 2.91. The van der Waals surface area contributed by atoms with Gasteiger partial charge in [0.2, 0.25) is 0 Å². The zero-order valence-corrected chi connectivity index (χ0v) is 16.2. The molecule has 0 atom stereocenters. The van der Waals surface area contributed by atoms with E-state index in [4.69, 9.17) is 9.47 Å². The molecule has 1 aliphatic rings. The molecule has 1 fully saturated rings. The normalized spacial score (nSPS) is 14.7. The van der Waals surface area contributed by atoms with Crippen molar-refractivity contribution in [2.24, 2.45) is 0 Å². The number of ether oxygens (including phenoxy) is 2. The summed E-state index contributed by atoms with van der Waals surface area (Å²) in [5.74, 6) is 0.603. The number of morpholine rings is 1. The molecule has 3 rings (SSSR count). The van der Waals surface area contributed by atoms with Crippen molar-refractivity contribution in [1.82, 2.24) is 10.2 Å². The van der Waals surface area contributed by atoms with Crippen LogP contribution in [0.5, 0.6) is 5.75 Å². The lowest BCUT2D eigenvalue weighted by Crippen LogP contribution is -2.35. The Morgan fingerprint density at radius 2 is 1.74 bits per heavy atom. The Kier molecular flexibility index (Phi) is 6.85. The van der Waals surface area contributed by atoms with Crippen molar-refractivity contribution in [2.75, 3.05) is 32.9 Å². The maximum atomic E-state index is 12.0. The monoisotopic (exact) mass is 368 g/mol. The average Bonchev–Trinajstić information content (AvgIpc) is 2.69. The first kappa shape index (κ1) is 19.4. The second-order valence-corrected chi connectivity index (χ2v) is 7.02. The van der Waals surface area contributed by atoms with Crippen LogP contribution in [0.3, 0.4) is 0 Å². The van der Waals surface area contributed by atoms with Crippen molar-refractivity contribution in [3.8, 4) is 5.75 Å². The van der Waals surface area contributed by atoms with Crippen LogP contribution >= 0.6 is 0 Å². The van der Waals surface area contributed by atoms with Gasteiger partial charge in [-0.3, -0.25) is 9.69 Å². The Balaban J connectivity index is 1.41. The molecule has 144 valence electrons. The van der Waals surface area contributed by atoms with E-state index in [1.54, 1.807) is 0 Å². The minimum absolute atomic E-state index is 0.0254. The van der Waals surface area contributed by atoms with Gasteiger partial charge in [-0.05, 0) is 48.2 Å². The zero-order chi connectivity index (χ0) is 19.1. The molecule has 2 aromatic rings. The van der Waals surface area contributed by atoms with Crippen LogP contribution in [-0.4, -0.2) is 43.7 Å². The fourth-order valence-electron chi connectivity index (χ4n) is 2.98. The molecule has 0 spiro atoms. The zero-order valence-electron chi connectivity index (χ0n) is 16.2. The first-order chi connectivity index (χ1) is 13.1. The predicted octanol–water partition coefficient (Wildman–Crippen LogP) is 2.83. The smallest absolute Gasteiger partial charge is 0.258 e. The van der Waals surface area contributed by atoms with Crippen LogP contribution in [0.15, 0.2) is 42.5 Å². The molecular formula is C22H28N2O3. The summed E-state index contributed by atoms with van der Waals surface area (Å²) in [5.41, 5.74) is 4.74. The van der Waals surface area contributed by atoms with E-state index in [0.717, 1.165) is 49.7 Å². The molecule has 5 nitrogen and oxygen atoms in total. The number of amides is 1. The number of hydrogen-bond acceptors (Lipinski definition) is 4. The van der Waals surface area contributed by atoms with Crippen LogP contribution in [0.1, 0.15) is 22.3 Å². The highest BCUT2D eigenvalue weighted by atomic mass is 16.5. The number of carbonyl (C=O) groups excluding carboxylic acids is 1. The number of rotatable bonds is 7. The van der Waals surface area contributed by atoms with Crippen LogP contribution in [0.2, 0.25) is 0 Å². The third-order valence-corrected chi connectivity index (χ3v) is 4.87. The molecule has 1 saturated heterocycles. The van der Waals surface area contributed by atoms with Crippen LogP contribution in [0.4, 0.5) is 0 Å². The van der Waals surface area contributed by atoms with E-state index < -0.39 is 0 Å². The highest BCUT2D eigenvalue weighted by Crippen LogP contribution is 2.16. The number of nitrogens with one attached hydrogen (secondary N) is 1. The quantitative estimate of drug-likeness (QED) is 0.817. The summed E-state index contributed by atoms with van der Waals surface area (Å²) in [7, 11) is 0. The molecule has 1 aliphatic heterocycles. The predicted molar refractivity (Wildman–Crippen MR) is 106 cm³/mol. The van der Waals surface area contributed by atoms with E-state index >= 15 is 0 Å². The minimum atomic E-state index is -0.120. The van der Waals surface area contributed by atoms with E-state index in [1.807, 2.05) is 25.1 Å². The van der Waals surface area contributed by atoms with Gasteiger partial charge in [-0.2, -0.15) is 0 Å². The second-order valence-electron chi connectivity index (χ2n) is 7.02. The first-order valence-electron chi connectivity index (χ1n) is 9.45. The van der Waals surface area contributed by atoms with Gasteiger partial charge in [0.05, 0.1) is 13.2 Å². The largest absolute Gasteiger partial charge is 0.484 e. The lowest BCUT2D eigenvalue weighted by molar-refractivity contribution is -0.123. The summed E-state index contributed by atoms with van der Waals surface area (Å²) < 4.78 is 10.9. The Hall–Kier alpha value is -2.37. The molecule has 2 aromatic carbocycles. The van der Waals surface area contributed by atoms with Gasteiger partial charge < -0.3 is 14.8 Å². The molecule has 0 unspecified atom stereocenters. The summed E-state index contributed by atoms with van der Waals surface area (Å²) in [6, 6.07) is 14.2. The molecule has 1 N–H and O–H groups in total. The van der Waals surface area contributed by atoms with E-state index in [1.165, 1.54) is 11.1 Å². The summed E-state index contributed by atoms with van der Waals surface area (Å²) in [4.78, 5) is 14.4. The van der Waals surface area contributed by atoms with Crippen LogP contribution in [0, 0.1) is 13.8 Å². The Morgan fingerprint density at radius 3 is 2.44 bits per heavy atom. The van der Waals surface area contributed by atoms with Crippen molar-refractivity contribution in [2.45, 2.75) is 26.9 Å². The summed E-state index contributed by atoms with van der Waals surface area (Å²) in [6.45, 7) is 9.16. The van der Waals surface area contributed by atoms with Crippen molar-refractivity contribution in [3.05, 3.63) is 64.7 Å². The molecule has 0 bridgehead atoms. The van der Waals surface area contributed by atoms with E-state index in [-0.39, 0.29) is 12.5 Å². The molecule has 0 aliphatic carbocycles. The molecule has 0 radical (unpaired) electrons. The van der Waals surface area contributed by atoms with Gasteiger partial charge in [0, 0.05) is 26.2 Å². The van der Waals surface area contributed by atoms with Crippen molar-refractivity contribution in [3.63, 3.8) is 0 Å². The maximum absolute atomic E-state index is 12.0. The third-order valence-electron chi connectivity index (χ3n) is 4.87. The Morgan fingerprint density at radius 1 is 1.04 bits per heavy atom.